The summed E-state index contributed by atoms with van der Waals surface area (Å²) in [6, 6.07) is 10.8. The highest BCUT2D eigenvalue weighted by molar-refractivity contribution is 6.06. The number of aryl methyl sites for hydroxylation is 1. The number of hydrogen-bond donors (Lipinski definition) is 1. The zero-order chi connectivity index (χ0) is 15.4. The summed E-state index contributed by atoms with van der Waals surface area (Å²) in [4.78, 5) is 12.3. The van der Waals surface area contributed by atoms with Crippen LogP contribution in [0.1, 0.15) is 21.5 Å². The predicted molar refractivity (Wildman–Crippen MR) is 76.8 cm³/mol. The molecular formula is C16H13FN2O2. The van der Waals surface area contributed by atoms with Crippen molar-refractivity contribution in [3.8, 4) is 11.8 Å². The molecule has 0 aromatic heterocycles. The van der Waals surface area contributed by atoms with Crippen molar-refractivity contribution < 1.29 is 13.9 Å². The molecule has 0 saturated heterocycles. The Morgan fingerprint density at radius 2 is 2.10 bits per heavy atom. The van der Waals surface area contributed by atoms with Crippen LogP contribution >= 0.6 is 0 Å². The molecule has 2 rings (SSSR count). The standard InChI is InChI=1S/C16H13FN2O2/c1-10-6-7-12(17)8-13(10)16(20)19-15-11(9-18)4-3-5-14(15)21-2/h3-8H,1-2H3,(H,19,20). The predicted octanol–water partition coefficient (Wildman–Crippen LogP) is 3.27. The topological polar surface area (TPSA) is 62.1 Å². The molecule has 1 N–H and O–H groups in total. The second-order valence-corrected chi connectivity index (χ2v) is 4.41. The number of ether oxygens (including phenoxy) is 1. The van der Waals surface area contributed by atoms with Gasteiger partial charge in [0.25, 0.3) is 5.91 Å². The summed E-state index contributed by atoms with van der Waals surface area (Å²) in [5, 5.41) is 11.7. The minimum atomic E-state index is -0.494. The van der Waals surface area contributed by atoms with E-state index in [1.54, 1.807) is 25.1 Å². The Morgan fingerprint density at radius 1 is 1.33 bits per heavy atom. The second-order valence-electron chi connectivity index (χ2n) is 4.41. The lowest BCUT2D eigenvalue weighted by molar-refractivity contribution is 0.102. The molecule has 0 bridgehead atoms. The van der Waals surface area contributed by atoms with E-state index in [0.717, 1.165) is 6.07 Å². The fourth-order valence-corrected chi connectivity index (χ4v) is 1.94. The second kappa shape index (κ2) is 6.06. The van der Waals surface area contributed by atoms with Crippen LogP contribution in [0.15, 0.2) is 36.4 Å². The van der Waals surface area contributed by atoms with Gasteiger partial charge in [-0.3, -0.25) is 4.79 Å². The van der Waals surface area contributed by atoms with Gasteiger partial charge in [-0.25, -0.2) is 4.39 Å². The quantitative estimate of drug-likeness (QED) is 0.941. The molecule has 0 aliphatic heterocycles. The monoisotopic (exact) mass is 284 g/mol. The third-order valence-electron chi connectivity index (χ3n) is 3.05. The Bertz CT molecular complexity index is 736. The Labute approximate surface area is 121 Å². The molecule has 2 aromatic carbocycles. The Hall–Kier alpha value is -2.87. The van der Waals surface area contributed by atoms with Gasteiger partial charge in [-0.15, -0.1) is 0 Å². The molecule has 0 atom stereocenters. The largest absolute Gasteiger partial charge is 0.495 e. The summed E-state index contributed by atoms with van der Waals surface area (Å²) in [6.45, 7) is 1.71. The van der Waals surface area contributed by atoms with Gasteiger partial charge in [0, 0.05) is 5.56 Å². The highest BCUT2D eigenvalue weighted by atomic mass is 19.1. The van der Waals surface area contributed by atoms with E-state index in [1.165, 1.54) is 19.2 Å². The molecule has 0 spiro atoms. The lowest BCUT2D eigenvalue weighted by atomic mass is 10.1. The number of nitrogens with zero attached hydrogens (tertiary/aromatic N) is 1. The number of nitriles is 1. The Kier molecular flexibility index (Phi) is 4.19. The molecule has 5 heteroatoms. The molecule has 0 fully saturated rings. The first kappa shape index (κ1) is 14.5. The SMILES string of the molecule is COc1cccc(C#N)c1NC(=O)c1cc(F)ccc1C. The van der Waals surface area contributed by atoms with E-state index < -0.39 is 11.7 Å². The first-order valence-electron chi connectivity index (χ1n) is 6.21. The van der Waals surface area contributed by atoms with E-state index in [0.29, 0.717) is 11.3 Å². The van der Waals surface area contributed by atoms with Crippen molar-refractivity contribution in [2.75, 3.05) is 12.4 Å². The molecule has 0 aliphatic rings. The number of rotatable bonds is 3. The highest BCUT2D eigenvalue weighted by Gasteiger charge is 2.15. The van der Waals surface area contributed by atoms with Crippen LogP contribution in [0.4, 0.5) is 10.1 Å². The van der Waals surface area contributed by atoms with E-state index in [-0.39, 0.29) is 16.8 Å². The van der Waals surface area contributed by atoms with Crippen molar-refractivity contribution in [2.45, 2.75) is 6.92 Å². The van der Waals surface area contributed by atoms with Crippen molar-refractivity contribution in [3.05, 3.63) is 58.9 Å². The number of carbonyl (C=O) groups excluding carboxylic acids is 1. The van der Waals surface area contributed by atoms with Crippen molar-refractivity contribution in [3.63, 3.8) is 0 Å². The number of anilines is 1. The van der Waals surface area contributed by atoms with Crippen LogP contribution in [0.5, 0.6) is 5.75 Å². The summed E-state index contributed by atoms with van der Waals surface area (Å²) in [6.07, 6.45) is 0. The maximum Gasteiger partial charge on any atom is 0.256 e. The van der Waals surface area contributed by atoms with Gasteiger partial charge in [0.05, 0.1) is 12.7 Å². The van der Waals surface area contributed by atoms with Gasteiger partial charge in [-0.05, 0) is 36.8 Å². The fraction of sp³-hybridized carbons (Fsp3) is 0.125. The van der Waals surface area contributed by atoms with Crippen molar-refractivity contribution in [2.24, 2.45) is 0 Å². The summed E-state index contributed by atoms with van der Waals surface area (Å²) in [5.74, 6) is -0.615. The molecule has 0 aliphatic carbocycles. The lowest BCUT2D eigenvalue weighted by Crippen LogP contribution is -2.15. The zero-order valence-corrected chi connectivity index (χ0v) is 11.6. The molecule has 106 valence electrons. The van der Waals surface area contributed by atoms with Gasteiger partial charge in [-0.2, -0.15) is 5.26 Å². The molecule has 1 amide bonds. The molecule has 0 unspecified atom stereocenters. The van der Waals surface area contributed by atoms with Gasteiger partial charge in [0.2, 0.25) is 0 Å². The molecule has 0 saturated carbocycles. The van der Waals surface area contributed by atoms with E-state index in [2.05, 4.69) is 5.32 Å². The molecule has 0 radical (unpaired) electrons. The smallest absolute Gasteiger partial charge is 0.256 e. The van der Waals surface area contributed by atoms with Crippen LogP contribution in [0, 0.1) is 24.1 Å². The van der Waals surface area contributed by atoms with Crippen LogP contribution in [0.2, 0.25) is 0 Å². The Balaban J connectivity index is 2.41. The van der Waals surface area contributed by atoms with Gasteiger partial charge < -0.3 is 10.1 Å². The number of methoxy groups -OCH3 is 1. The summed E-state index contributed by atoms with van der Waals surface area (Å²) in [7, 11) is 1.44. The van der Waals surface area contributed by atoms with Crippen molar-refractivity contribution in [1.82, 2.24) is 0 Å². The molecule has 21 heavy (non-hydrogen) atoms. The average Bonchev–Trinajstić information content (AvgIpc) is 2.49. The van der Waals surface area contributed by atoms with Gasteiger partial charge in [0.15, 0.2) is 0 Å². The van der Waals surface area contributed by atoms with Crippen LogP contribution in [0.3, 0.4) is 0 Å². The van der Waals surface area contributed by atoms with Crippen LogP contribution in [-0.4, -0.2) is 13.0 Å². The fourth-order valence-electron chi connectivity index (χ4n) is 1.94. The number of nitrogens with one attached hydrogen (secondary N) is 1. The number of hydrogen-bond acceptors (Lipinski definition) is 3. The maximum absolute atomic E-state index is 13.3. The van der Waals surface area contributed by atoms with Crippen molar-refractivity contribution >= 4 is 11.6 Å². The van der Waals surface area contributed by atoms with Gasteiger partial charge in [-0.1, -0.05) is 12.1 Å². The molecule has 2 aromatic rings. The normalized spacial score (nSPS) is 9.81. The van der Waals surface area contributed by atoms with Crippen LogP contribution < -0.4 is 10.1 Å². The first-order chi connectivity index (χ1) is 10.1. The average molecular weight is 284 g/mol. The number of carbonyl (C=O) groups is 1. The first-order valence-corrected chi connectivity index (χ1v) is 6.21. The summed E-state index contributed by atoms with van der Waals surface area (Å²) < 4.78 is 18.4. The van der Waals surface area contributed by atoms with E-state index in [9.17, 15) is 9.18 Å². The summed E-state index contributed by atoms with van der Waals surface area (Å²) in [5.41, 5.74) is 1.40. The minimum absolute atomic E-state index is 0.213. The van der Waals surface area contributed by atoms with Gasteiger partial charge in [0.1, 0.15) is 23.3 Å². The van der Waals surface area contributed by atoms with E-state index in [1.807, 2.05) is 6.07 Å². The number of halogens is 1. The molecule has 0 heterocycles. The molecular weight excluding hydrogens is 271 g/mol. The number of para-hydroxylation sites is 1. The van der Waals surface area contributed by atoms with Crippen LogP contribution in [0.25, 0.3) is 0 Å². The van der Waals surface area contributed by atoms with E-state index in [4.69, 9.17) is 10.00 Å². The number of amides is 1. The molecule has 4 nitrogen and oxygen atoms in total. The minimum Gasteiger partial charge on any atom is -0.495 e. The van der Waals surface area contributed by atoms with E-state index >= 15 is 0 Å². The third-order valence-corrected chi connectivity index (χ3v) is 3.05. The number of benzene rings is 2. The van der Waals surface area contributed by atoms with Crippen LogP contribution in [-0.2, 0) is 0 Å². The van der Waals surface area contributed by atoms with Crippen molar-refractivity contribution in [1.29, 1.82) is 5.26 Å². The Morgan fingerprint density at radius 3 is 2.76 bits per heavy atom. The summed E-state index contributed by atoms with van der Waals surface area (Å²) >= 11 is 0. The lowest BCUT2D eigenvalue weighted by Gasteiger charge is -2.12. The van der Waals surface area contributed by atoms with Gasteiger partial charge >= 0.3 is 0 Å². The maximum atomic E-state index is 13.3. The zero-order valence-electron chi connectivity index (χ0n) is 11.6. The third kappa shape index (κ3) is 3.00. The highest BCUT2D eigenvalue weighted by Crippen LogP contribution is 2.28.